The first-order chi connectivity index (χ1) is 12.8. The van der Waals surface area contributed by atoms with Crippen molar-refractivity contribution >= 4 is 21.8 Å². The normalized spacial score (nSPS) is 11.3. The SMILES string of the molecule is Cn1c2ccccc2c2cc(-c3ccccc3-c3ccccn3)ncc21. The van der Waals surface area contributed by atoms with Crippen LogP contribution in [0, 0.1) is 0 Å². The summed E-state index contributed by atoms with van der Waals surface area (Å²) < 4.78 is 2.20. The minimum Gasteiger partial charge on any atom is -0.342 e. The summed E-state index contributed by atoms with van der Waals surface area (Å²) in [5.74, 6) is 0. The van der Waals surface area contributed by atoms with E-state index in [1.54, 1.807) is 0 Å². The molecule has 0 aliphatic heterocycles. The summed E-state index contributed by atoms with van der Waals surface area (Å²) in [4.78, 5) is 9.29. The molecule has 0 saturated heterocycles. The molecule has 0 N–H and O–H groups in total. The molecule has 0 amide bonds. The van der Waals surface area contributed by atoms with Crippen LogP contribution in [-0.2, 0) is 7.05 Å². The van der Waals surface area contributed by atoms with Gasteiger partial charge in [0.25, 0.3) is 0 Å². The van der Waals surface area contributed by atoms with Gasteiger partial charge in [0.2, 0.25) is 0 Å². The van der Waals surface area contributed by atoms with E-state index in [0.29, 0.717) is 0 Å². The lowest BCUT2D eigenvalue weighted by Crippen LogP contribution is -1.91. The molecule has 0 radical (unpaired) electrons. The highest BCUT2D eigenvalue weighted by Crippen LogP contribution is 2.34. The van der Waals surface area contributed by atoms with Crippen molar-refractivity contribution in [1.82, 2.24) is 14.5 Å². The summed E-state index contributed by atoms with van der Waals surface area (Å²) in [7, 11) is 2.09. The maximum atomic E-state index is 4.77. The number of nitrogens with zero attached hydrogens (tertiary/aromatic N) is 3. The van der Waals surface area contributed by atoms with E-state index in [-0.39, 0.29) is 0 Å². The van der Waals surface area contributed by atoms with Crippen molar-refractivity contribution in [2.75, 3.05) is 0 Å². The third kappa shape index (κ3) is 2.21. The molecule has 0 aliphatic rings. The molecule has 0 spiro atoms. The molecule has 0 atom stereocenters. The monoisotopic (exact) mass is 335 g/mol. The van der Waals surface area contributed by atoms with Gasteiger partial charge in [0, 0.05) is 40.7 Å². The van der Waals surface area contributed by atoms with E-state index in [0.717, 1.165) is 28.0 Å². The third-order valence-electron chi connectivity index (χ3n) is 4.94. The molecule has 0 saturated carbocycles. The molecule has 3 heteroatoms. The number of fused-ring (bicyclic) bond motifs is 3. The lowest BCUT2D eigenvalue weighted by atomic mass is 10.00. The van der Waals surface area contributed by atoms with Crippen LogP contribution >= 0.6 is 0 Å². The van der Waals surface area contributed by atoms with Gasteiger partial charge in [-0.2, -0.15) is 0 Å². The van der Waals surface area contributed by atoms with Crippen LogP contribution in [0.1, 0.15) is 0 Å². The quantitative estimate of drug-likeness (QED) is 0.429. The van der Waals surface area contributed by atoms with Gasteiger partial charge >= 0.3 is 0 Å². The number of hydrogen-bond acceptors (Lipinski definition) is 2. The van der Waals surface area contributed by atoms with Crippen LogP contribution in [0.3, 0.4) is 0 Å². The second kappa shape index (κ2) is 5.81. The van der Waals surface area contributed by atoms with Crippen molar-refractivity contribution in [3.63, 3.8) is 0 Å². The lowest BCUT2D eigenvalue weighted by molar-refractivity contribution is 1.01. The van der Waals surface area contributed by atoms with Gasteiger partial charge in [0.15, 0.2) is 0 Å². The largest absolute Gasteiger partial charge is 0.342 e. The Hall–Kier alpha value is -3.46. The Morgan fingerprint density at radius 2 is 1.38 bits per heavy atom. The maximum absolute atomic E-state index is 4.77. The highest BCUT2D eigenvalue weighted by molar-refractivity contribution is 6.08. The van der Waals surface area contributed by atoms with Gasteiger partial charge in [-0.1, -0.05) is 48.5 Å². The van der Waals surface area contributed by atoms with Crippen LogP contribution in [0.15, 0.2) is 85.2 Å². The zero-order chi connectivity index (χ0) is 17.5. The second-order valence-electron chi connectivity index (χ2n) is 6.42. The molecule has 0 fully saturated rings. The molecule has 2 aromatic carbocycles. The fourth-order valence-electron chi connectivity index (χ4n) is 3.65. The summed E-state index contributed by atoms with van der Waals surface area (Å²) in [6.07, 6.45) is 3.80. The van der Waals surface area contributed by atoms with Crippen molar-refractivity contribution < 1.29 is 0 Å². The molecule has 0 unspecified atom stereocenters. The van der Waals surface area contributed by atoms with Gasteiger partial charge in [0.1, 0.15) is 0 Å². The molecule has 0 aliphatic carbocycles. The Bertz CT molecular complexity index is 1240. The van der Waals surface area contributed by atoms with E-state index in [9.17, 15) is 0 Å². The Labute approximate surface area is 151 Å². The molecule has 3 heterocycles. The predicted octanol–water partition coefficient (Wildman–Crippen LogP) is 5.46. The highest BCUT2D eigenvalue weighted by atomic mass is 14.9. The number of aromatic nitrogens is 3. The molecular weight excluding hydrogens is 318 g/mol. The standard InChI is InChI=1S/C23H17N3/c1-26-22-12-5-4-10-18(22)19-14-21(25-15-23(19)26)17-9-3-2-8-16(17)20-11-6-7-13-24-20/h2-15H,1H3. The fourth-order valence-corrected chi connectivity index (χ4v) is 3.65. The van der Waals surface area contributed by atoms with Crippen LogP contribution in [0.25, 0.3) is 44.3 Å². The molecule has 5 rings (SSSR count). The molecule has 5 aromatic rings. The van der Waals surface area contributed by atoms with E-state index in [4.69, 9.17) is 4.98 Å². The fraction of sp³-hybridized carbons (Fsp3) is 0.0435. The van der Waals surface area contributed by atoms with Crippen LogP contribution in [0.4, 0.5) is 0 Å². The zero-order valence-electron chi connectivity index (χ0n) is 14.4. The van der Waals surface area contributed by atoms with E-state index in [2.05, 4.69) is 65.1 Å². The molecular formula is C23H17N3. The molecule has 26 heavy (non-hydrogen) atoms. The highest BCUT2D eigenvalue weighted by Gasteiger charge is 2.13. The average molecular weight is 335 g/mol. The van der Waals surface area contributed by atoms with Crippen LogP contribution in [-0.4, -0.2) is 14.5 Å². The summed E-state index contributed by atoms with van der Waals surface area (Å²) in [6, 6.07) is 25.0. The van der Waals surface area contributed by atoms with Gasteiger partial charge in [-0.25, -0.2) is 0 Å². The van der Waals surface area contributed by atoms with Gasteiger partial charge in [-0.3, -0.25) is 9.97 Å². The van der Waals surface area contributed by atoms with E-state index in [1.807, 2.05) is 36.7 Å². The predicted molar refractivity (Wildman–Crippen MR) is 107 cm³/mol. The number of hydrogen-bond donors (Lipinski definition) is 0. The first-order valence-corrected chi connectivity index (χ1v) is 8.67. The first-order valence-electron chi connectivity index (χ1n) is 8.67. The molecule has 124 valence electrons. The Kier molecular flexibility index (Phi) is 3.32. The van der Waals surface area contributed by atoms with Gasteiger partial charge in [0.05, 0.1) is 23.1 Å². The minimum absolute atomic E-state index is 0.961. The summed E-state index contributed by atoms with van der Waals surface area (Å²) >= 11 is 0. The maximum Gasteiger partial charge on any atom is 0.0716 e. The molecule has 0 bridgehead atoms. The number of rotatable bonds is 2. The van der Waals surface area contributed by atoms with Crippen molar-refractivity contribution in [2.45, 2.75) is 0 Å². The summed E-state index contributed by atoms with van der Waals surface area (Å²) in [6.45, 7) is 0. The number of pyridine rings is 2. The Balaban J connectivity index is 1.78. The van der Waals surface area contributed by atoms with E-state index in [1.165, 1.54) is 16.3 Å². The van der Waals surface area contributed by atoms with Crippen molar-refractivity contribution in [3.05, 3.63) is 85.2 Å². The molecule has 3 nitrogen and oxygen atoms in total. The topological polar surface area (TPSA) is 30.7 Å². The minimum atomic E-state index is 0.961. The van der Waals surface area contributed by atoms with Gasteiger partial charge in [-0.05, 0) is 24.3 Å². The van der Waals surface area contributed by atoms with Gasteiger partial charge in [-0.15, -0.1) is 0 Å². The van der Waals surface area contributed by atoms with Crippen LogP contribution < -0.4 is 0 Å². The van der Waals surface area contributed by atoms with Crippen molar-refractivity contribution in [3.8, 4) is 22.5 Å². The Morgan fingerprint density at radius 1 is 0.654 bits per heavy atom. The average Bonchev–Trinajstić information content (AvgIpc) is 3.01. The summed E-state index contributed by atoms with van der Waals surface area (Å²) in [5.41, 5.74) is 6.49. The van der Waals surface area contributed by atoms with Crippen LogP contribution in [0.5, 0.6) is 0 Å². The van der Waals surface area contributed by atoms with E-state index >= 15 is 0 Å². The zero-order valence-corrected chi connectivity index (χ0v) is 14.4. The Morgan fingerprint density at radius 3 is 2.19 bits per heavy atom. The van der Waals surface area contributed by atoms with Crippen molar-refractivity contribution in [2.24, 2.45) is 7.05 Å². The molecule has 3 aromatic heterocycles. The summed E-state index contributed by atoms with van der Waals surface area (Å²) in [5, 5.41) is 2.48. The third-order valence-corrected chi connectivity index (χ3v) is 4.94. The first kappa shape index (κ1) is 14.8. The second-order valence-corrected chi connectivity index (χ2v) is 6.42. The number of para-hydroxylation sites is 1. The smallest absolute Gasteiger partial charge is 0.0716 e. The van der Waals surface area contributed by atoms with Crippen molar-refractivity contribution in [1.29, 1.82) is 0 Å². The lowest BCUT2D eigenvalue weighted by Gasteiger charge is -2.09. The number of aryl methyl sites for hydroxylation is 1. The number of benzene rings is 2. The van der Waals surface area contributed by atoms with Crippen LogP contribution in [0.2, 0.25) is 0 Å². The van der Waals surface area contributed by atoms with Gasteiger partial charge < -0.3 is 4.57 Å². The van der Waals surface area contributed by atoms with E-state index < -0.39 is 0 Å².